The predicted octanol–water partition coefficient (Wildman–Crippen LogP) is 7.60. The van der Waals surface area contributed by atoms with Gasteiger partial charge in [0.05, 0.1) is 31.0 Å². The number of anilines is 2. The minimum Gasteiger partial charge on any atom is -0.457 e. The number of aryl methyl sites for hydroxylation is 2. The number of pyridine rings is 1. The average Bonchev–Trinajstić information content (AvgIpc) is 3.57. The topological polar surface area (TPSA) is 54.8 Å². The van der Waals surface area contributed by atoms with Gasteiger partial charge in [0.1, 0.15) is 11.5 Å². The van der Waals surface area contributed by atoms with Crippen molar-refractivity contribution in [3.8, 4) is 17.2 Å². The number of morpholine rings is 1. The highest BCUT2D eigenvalue weighted by Gasteiger charge is 2.42. The van der Waals surface area contributed by atoms with E-state index in [9.17, 15) is 0 Å². The third kappa shape index (κ3) is 5.67. The summed E-state index contributed by atoms with van der Waals surface area (Å²) in [7, 11) is 0. The molecule has 0 radical (unpaired) electrons. The van der Waals surface area contributed by atoms with Crippen LogP contribution in [0.5, 0.6) is 11.5 Å². The Kier molecular flexibility index (Phi) is 8.00. The van der Waals surface area contributed by atoms with Crippen molar-refractivity contribution in [3.05, 3.63) is 131 Å². The molecule has 7 rings (SSSR count). The molecule has 0 saturated carbocycles. The Morgan fingerprint density at radius 1 is 0.822 bits per heavy atom. The summed E-state index contributed by atoms with van der Waals surface area (Å²) in [5, 5.41) is 4.28. The number of rotatable bonds is 7. The summed E-state index contributed by atoms with van der Waals surface area (Å²) in [6.45, 7) is 9.81. The molecule has 2 saturated heterocycles. The number of thiocarbonyl (C=S) groups is 1. The molecule has 0 unspecified atom stereocenters. The second kappa shape index (κ2) is 12.4. The molecule has 2 atom stereocenters. The summed E-state index contributed by atoms with van der Waals surface area (Å²) in [5.41, 5.74) is 8.95. The highest BCUT2D eigenvalue weighted by Crippen LogP contribution is 2.44. The number of hydrogen-bond acceptors (Lipinski definition) is 5. The molecule has 1 N–H and O–H groups in total. The number of aromatic nitrogens is 2. The van der Waals surface area contributed by atoms with Crippen molar-refractivity contribution < 1.29 is 9.47 Å². The van der Waals surface area contributed by atoms with Crippen molar-refractivity contribution in [3.63, 3.8) is 0 Å². The van der Waals surface area contributed by atoms with Crippen molar-refractivity contribution in [2.45, 2.75) is 32.9 Å². The number of ether oxygens (including phenoxy) is 2. The fourth-order valence-corrected chi connectivity index (χ4v) is 6.89. The smallest absolute Gasteiger partial charge is 0.174 e. The number of hydrogen-bond donors (Lipinski definition) is 1. The van der Waals surface area contributed by atoms with Crippen LogP contribution in [0.25, 0.3) is 5.69 Å². The molecule has 45 heavy (non-hydrogen) atoms. The molecule has 4 heterocycles. The van der Waals surface area contributed by atoms with Gasteiger partial charge in [0.25, 0.3) is 0 Å². The van der Waals surface area contributed by atoms with Crippen LogP contribution in [0, 0.1) is 20.8 Å². The lowest BCUT2D eigenvalue weighted by molar-refractivity contribution is 0.122. The van der Waals surface area contributed by atoms with Crippen molar-refractivity contribution in [2.75, 3.05) is 36.1 Å². The van der Waals surface area contributed by atoms with Crippen LogP contribution in [0.2, 0.25) is 0 Å². The highest BCUT2D eigenvalue weighted by molar-refractivity contribution is 7.80. The number of nitrogens with one attached hydrogen (secondary N) is 1. The van der Waals surface area contributed by atoms with Crippen LogP contribution in [0.4, 0.5) is 11.4 Å². The van der Waals surface area contributed by atoms with Gasteiger partial charge in [0.15, 0.2) is 5.11 Å². The van der Waals surface area contributed by atoms with Gasteiger partial charge in [0.2, 0.25) is 0 Å². The lowest BCUT2D eigenvalue weighted by Gasteiger charge is -2.29. The van der Waals surface area contributed by atoms with Gasteiger partial charge in [-0.1, -0.05) is 24.3 Å². The highest BCUT2D eigenvalue weighted by atomic mass is 32.1. The summed E-state index contributed by atoms with van der Waals surface area (Å²) < 4.78 is 14.1. The molecular weight excluding hydrogens is 579 g/mol. The number of benzene rings is 3. The molecule has 2 fully saturated rings. The molecule has 0 aliphatic carbocycles. The Labute approximate surface area is 270 Å². The normalized spacial score (nSPS) is 18.2. The zero-order valence-electron chi connectivity index (χ0n) is 25.8. The molecule has 2 aliphatic rings. The van der Waals surface area contributed by atoms with E-state index in [1.165, 1.54) is 22.6 Å². The first kappa shape index (κ1) is 29.1. The summed E-state index contributed by atoms with van der Waals surface area (Å²) in [4.78, 5) is 9.35. The van der Waals surface area contributed by atoms with E-state index >= 15 is 0 Å². The maximum Gasteiger partial charge on any atom is 0.174 e. The van der Waals surface area contributed by atoms with Crippen LogP contribution in [0.1, 0.15) is 40.3 Å². The summed E-state index contributed by atoms with van der Waals surface area (Å²) in [6.07, 6.45) is 1.84. The zero-order valence-corrected chi connectivity index (χ0v) is 26.6. The molecule has 228 valence electrons. The van der Waals surface area contributed by atoms with Crippen LogP contribution in [0.15, 0.2) is 103 Å². The lowest BCUT2D eigenvalue weighted by Crippen LogP contribution is -2.36. The summed E-state index contributed by atoms with van der Waals surface area (Å²) in [6, 6.07) is 33.2. The van der Waals surface area contributed by atoms with Crippen molar-refractivity contribution in [1.82, 2.24) is 14.9 Å². The zero-order chi connectivity index (χ0) is 30.9. The van der Waals surface area contributed by atoms with E-state index in [4.69, 9.17) is 26.7 Å². The molecule has 8 heteroatoms. The minimum absolute atomic E-state index is 0.108. The van der Waals surface area contributed by atoms with Crippen molar-refractivity contribution in [1.29, 1.82) is 0 Å². The third-order valence-electron chi connectivity index (χ3n) is 8.81. The van der Waals surface area contributed by atoms with Crippen LogP contribution < -0.4 is 19.9 Å². The fourth-order valence-electron chi connectivity index (χ4n) is 6.54. The van der Waals surface area contributed by atoms with Gasteiger partial charge in [-0.25, -0.2) is 0 Å². The molecule has 0 spiro atoms. The fraction of sp³-hybridized carbons (Fsp3) is 0.243. The maximum absolute atomic E-state index is 6.20. The third-order valence-corrected chi connectivity index (χ3v) is 9.12. The van der Waals surface area contributed by atoms with Crippen LogP contribution in [-0.2, 0) is 4.74 Å². The van der Waals surface area contributed by atoms with E-state index < -0.39 is 0 Å². The van der Waals surface area contributed by atoms with Gasteiger partial charge in [0, 0.05) is 47.7 Å². The molecule has 0 amide bonds. The first-order valence-corrected chi connectivity index (χ1v) is 15.8. The van der Waals surface area contributed by atoms with Gasteiger partial charge < -0.3 is 29.2 Å². The second-order valence-corrected chi connectivity index (χ2v) is 12.0. The SMILES string of the molecule is Cc1ccccc1Oc1ccc(N2C(=S)N[C@H](c3ccccn3)[C@H]2c2cc(C)n(-c3ccc(N4CCOCC4)cc3)c2C)cc1. The van der Waals surface area contributed by atoms with E-state index in [1.54, 1.807) is 0 Å². The molecular formula is C37H37N5O2S. The Morgan fingerprint density at radius 2 is 1.51 bits per heavy atom. The Balaban J connectivity index is 1.24. The number of nitrogens with zero attached hydrogens (tertiary/aromatic N) is 4. The molecule has 3 aromatic carbocycles. The Morgan fingerprint density at radius 3 is 2.22 bits per heavy atom. The Bertz CT molecular complexity index is 1800. The van der Waals surface area contributed by atoms with Crippen LogP contribution in [-0.4, -0.2) is 41.0 Å². The standard InChI is InChI=1S/C37H37N5O2S/c1-25-8-4-5-10-34(25)44-31-17-15-30(16-18-31)42-36(35(39-37(42)45)33-9-6-7-19-38-33)32-24-26(2)41(27(32)3)29-13-11-28(12-14-29)40-20-22-43-23-21-40/h4-19,24,35-36H,20-23H2,1-3H3,(H,39,45)/t35-,36-/m1/s1. The predicted molar refractivity (Wildman–Crippen MR) is 184 cm³/mol. The van der Waals surface area contributed by atoms with Gasteiger partial charge in [-0.2, -0.15) is 0 Å². The van der Waals surface area contributed by atoms with E-state index in [1.807, 2.05) is 48.7 Å². The molecule has 2 aromatic heterocycles. The van der Waals surface area contributed by atoms with E-state index in [0.717, 1.165) is 60.4 Å². The molecule has 0 bridgehead atoms. The lowest BCUT2D eigenvalue weighted by atomic mass is 9.96. The van der Waals surface area contributed by atoms with Gasteiger partial charge >= 0.3 is 0 Å². The van der Waals surface area contributed by atoms with Gasteiger partial charge in [-0.05, 0) is 117 Å². The van der Waals surface area contributed by atoms with E-state index in [0.29, 0.717) is 5.11 Å². The van der Waals surface area contributed by atoms with Crippen molar-refractivity contribution in [2.24, 2.45) is 0 Å². The average molecular weight is 616 g/mol. The molecule has 2 aliphatic heterocycles. The molecule has 7 nitrogen and oxygen atoms in total. The monoisotopic (exact) mass is 615 g/mol. The first-order chi connectivity index (χ1) is 22.0. The van der Waals surface area contributed by atoms with Crippen molar-refractivity contribution >= 4 is 28.7 Å². The second-order valence-electron chi connectivity index (χ2n) is 11.6. The largest absolute Gasteiger partial charge is 0.457 e. The van der Waals surface area contributed by atoms with E-state index in [-0.39, 0.29) is 12.1 Å². The quantitative estimate of drug-likeness (QED) is 0.189. The summed E-state index contributed by atoms with van der Waals surface area (Å²) >= 11 is 6.02. The van der Waals surface area contributed by atoms with Gasteiger partial charge in [-0.3, -0.25) is 4.98 Å². The van der Waals surface area contributed by atoms with E-state index in [2.05, 4.69) is 95.1 Å². The maximum atomic E-state index is 6.20. The summed E-state index contributed by atoms with van der Waals surface area (Å²) in [5.74, 6) is 1.63. The van der Waals surface area contributed by atoms with Gasteiger partial charge in [-0.15, -0.1) is 0 Å². The first-order valence-electron chi connectivity index (χ1n) is 15.4. The van der Waals surface area contributed by atoms with Crippen LogP contribution >= 0.6 is 12.2 Å². The molecule has 5 aromatic rings. The minimum atomic E-state index is -0.126. The van der Waals surface area contributed by atoms with Crippen LogP contribution in [0.3, 0.4) is 0 Å². The Hall–Kier alpha value is -4.66. The number of para-hydroxylation sites is 1.